The van der Waals surface area contributed by atoms with Gasteiger partial charge in [-0.05, 0) is 30.2 Å². The predicted octanol–water partition coefficient (Wildman–Crippen LogP) is 1.32. The number of rotatable bonds is 8. The summed E-state index contributed by atoms with van der Waals surface area (Å²) >= 11 is 0. The average Bonchev–Trinajstić information content (AvgIpc) is 3.09. The van der Waals surface area contributed by atoms with Crippen LogP contribution >= 0.6 is 0 Å². The second-order valence-corrected chi connectivity index (χ2v) is 7.66. The summed E-state index contributed by atoms with van der Waals surface area (Å²) in [6, 6.07) is 7.48. The summed E-state index contributed by atoms with van der Waals surface area (Å²) in [5.74, 6) is -0.126. The SMILES string of the molecule is COCCCN1C(=O)C(c2ccc([N+](=O)[O-])cc2)=C(N2CCN(c3ncccn3)CC2)C1=O. The molecular weight excluding hydrogens is 428 g/mol. The number of carbonyl (C=O) groups is 2. The number of imide groups is 1. The van der Waals surface area contributed by atoms with E-state index in [1.807, 2.05) is 9.80 Å². The summed E-state index contributed by atoms with van der Waals surface area (Å²) < 4.78 is 5.06. The van der Waals surface area contributed by atoms with Gasteiger partial charge in [0, 0.05) is 71.0 Å². The van der Waals surface area contributed by atoms with Crippen molar-refractivity contribution in [1.29, 1.82) is 0 Å². The van der Waals surface area contributed by atoms with E-state index >= 15 is 0 Å². The lowest BCUT2D eigenvalue weighted by atomic mass is 10.0. The van der Waals surface area contributed by atoms with E-state index in [1.54, 1.807) is 25.6 Å². The Morgan fingerprint density at radius 2 is 1.64 bits per heavy atom. The first-order valence-electron chi connectivity index (χ1n) is 10.6. The Balaban J connectivity index is 1.62. The van der Waals surface area contributed by atoms with Crippen LogP contribution in [0, 0.1) is 10.1 Å². The number of benzene rings is 1. The van der Waals surface area contributed by atoms with E-state index in [1.165, 1.54) is 29.2 Å². The van der Waals surface area contributed by atoms with Gasteiger partial charge in [0.05, 0.1) is 10.5 Å². The molecule has 0 saturated carbocycles. The number of carbonyl (C=O) groups excluding carboxylic acids is 2. The normalized spacial score (nSPS) is 16.7. The molecular formula is C22H24N6O5. The molecule has 0 aliphatic carbocycles. The third-order valence-corrected chi connectivity index (χ3v) is 5.67. The molecule has 0 spiro atoms. The van der Waals surface area contributed by atoms with Crippen LogP contribution in [-0.4, -0.2) is 82.9 Å². The largest absolute Gasteiger partial charge is 0.385 e. The highest BCUT2D eigenvalue weighted by atomic mass is 16.6. The topological polar surface area (TPSA) is 122 Å². The predicted molar refractivity (Wildman–Crippen MR) is 119 cm³/mol. The lowest BCUT2D eigenvalue weighted by Gasteiger charge is -2.36. The first-order valence-corrected chi connectivity index (χ1v) is 10.6. The van der Waals surface area contributed by atoms with Crippen LogP contribution in [-0.2, 0) is 14.3 Å². The van der Waals surface area contributed by atoms with Crippen molar-refractivity contribution in [1.82, 2.24) is 19.8 Å². The Labute approximate surface area is 190 Å². The van der Waals surface area contributed by atoms with Gasteiger partial charge in [0.15, 0.2) is 0 Å². The monoisotopic (exact) mass is 452 g/mol. The average molecular weight is 452 g/mol. The Bertz CT molecular complexity index is 1060. The second kappa shape index (κ2) is 9.74. The number of nitrogens with zero attached hydrogens (tertiary/aromatic N) is 6. The van der Waals surface area contributed by atoms with Gasteiger partial charge in [0.2, 0.25) is 5.95 Å². The minimum absolute atomic E-state index is 0.0777. The van der Waals surface area contributed by atoms with Crippen molar-refractivity contribution in [3.8, 4) is 0 Å². The molecule has 11 nitrogen and oxygen atoms in total. The minimum Gasteiger partial charge on any atom is -0.385 e. The molecule has 2 amide bonds. The van der Waals surface area contributed by atoms with Crippen molar-refractivity contribution in [3.05, 3.63) is 64.1 Å². The summed E-state index contributed by atoms with van der Waals surface area (Å²) in [6.07, 6.45) is 3.88. The number of piperazine rings is 1. The second-order valence-electron chi connectivity index (χ2n) is 7.66. The van der Waals surface area contributed by atoms with E-state index in [2.05, 4.69) is 9.97 Å². The van der Waals surface area contributed by atoms with Crippen molar-refractivity contribution in [2.75, 3.05) is 51.3 Å². The van der Waals surface area contributed by atoms with Gasteiger partial charge in [-0.2, -0.15) is 0 Å². The molecule has 2 aromatic rings. The summed E-state index contributed by atoms with van der Waals surface area (Å²) in [5.41, 5.74) is 1.01. The van der Waals surface area contributed by atoms with E-state index in [4.69, 9.17) is 4.74 Å². The molecule has 11 heteroatoms. The molecule has 0 unspecified atom stereocenters. The van der Waals surface area contributed by atoms with Gasteiger partial charge in [0.25, 0.3) is 17.5 Å². The summed E-state index contributed by atoms with van der Waals surface area (Å²) in [7, 11) is 1.57. The number of amides is 2. The van der Waals surface area contributed by atoms with Crippen LogP contribution in [0.4, 0.5) is 11.6 Å². The number of aromatic nitrogens is 2. The molecule has 2 aliphatic heterocycles. The zero-order valence-electron chi connectivity index (χ0n) is 18.2. The molecule has 1 aromatic heterocycles. The zero-order valence-corrected chi connectivity index (χ0v) is 18.2. The van der Waals surface area contributed by atoms with Crippen LogP contribution in [0.5, 0.6) is 0 Å². The highest BCUT2D eigenvalue weighted by Gasteiger charge is 2.42. The molecule has 3 heterocycles. The van der Waals surface area contributed by atoms with Gasteiger partial charge in [-0.15, -0.1) is 0 Å². The maximum absolute atomic E-state index is 13.3. The Morgan fingerprint density at radius 1 is 1.00 bits per heavy atom. The summed E-state index contributed by atoms with van der Waals surface area (Å²) in [4.78, 5) is 50.9. The third kappa shape index (κ3) is 4.53. The number of non-ortho nitro benzene ring substituents is 1. The van der Waals surface area contributed by atoms with Gasteiger partial charge >= 0.3 is 0 Å². The molecule has 1 saturated heterocycles. The molecule has 0 radical (unpaired) electrons. The van der Waals surface area contributed by atoms with Crippen LogP contribution in [0.15, 0.2) is 48.4 Å². The van der Waals surface area contributed by atoms with Gasteiger partial charge in [-0.25, -0.2) is 9.97 Å². The molecule has 33 heavy (non-hydrogen) atoms. The van der Waals surface area contributed by atoms with Crippen LogP contribution < -0.4 is 4.90 Å². The van der Waals surface area contributed by atoms with Gasteiger partial charge in [-0.3, -0.25) is 24.6 Å². The van der Waals surface area contributed by atoms with Crippen LogP contribution in [0.2, 0.25) is 0 Å². The third-order valence-electron chi connectivity index (χ3n) is 5.67. The van der Waals surface area contributed by atoms with Gasteiger partial charge in [-0.1, -0.05) is 0 Å². The lowest BCUT2D eigenvalue weighted by Crippen LogP contribution is -2.48. The molecule has 2 aliphatic rings. The van der Waals surface area contributed by atoms with Crippen LogP contribution in [0.1, 0.15) is 12.0 Å². The van der Waals surface area contributed by atoms with Crippen molar-refractivity contribution in [3.63, 3.8) is 0 Å². The maximum Gasteiger partial charge on any atom is 0.277 e. The maximum atomic E-state index is 13.3. The van der Waals surface area contributed by atoms with E-state index in [0.29, 0.717) is 56.4 Å². The van der Waals surface area contributed by atoms with E-state index in [9.17, 15) is 19.7 Å². The number of methoxy groups -OCH3 is 1. The Morgan fingerprint density at radius 3 is 2.24 bits per heavy atom. The fraction of sp³-hybridized carbons (Fsp3) is 0.364. The van der Waals surface area contributed by atoms with Crippen molar-refractivity contribution in [2.45, 2.75) is 6.42 Å². The minimum atomic E-state index is -0.497. The zero-order chi connectivity index (χ0) is 23.4. The first kappa shape index (κ1) is 22.3. The molecule has 0 atom stereocenters. The molecule has 0 bridgehead atoms. The number of anilines is 1. The van der Waals surface area contributed by atoms with E-state index < -0.39 is 10.8 Å². The fourth-order valence-corrected chi connectivity index (χ4v) is 4.02. The molecule has 1 aromatic carbocycles. The number of hydrogen-bond donors (Lipinski definition) is 0. The molecule has 172 valence electrons. The van der Waals surface area contributed by atoms with E-state index in [0.717, 1.165) is 0 Å². The standard InChI is InChI=1S/C22H24N6O5/c1-33-15-3-10-27-20(29)18(16-4-6-17(7-5-16)28(31)32)19(21(27)30)25-11-13-26(14-12-25)22-23-8-2-9-24-22/h2,4-9H,3,10-15H2,1H3. The molecule has 1 fully saturated rings. The Hall–Kier alpha value is -3.86. The summed E-state index contributed by atoms with van der Waals surface area (Å²) in [6.45, 7) is 2.86. The van der Waals surface area contributed by atoms with Crippen molar-refractivity contribution < 1.29 is 19.2 Å². The van der Waals surface area contributed by atoms with Crippen molar-refractivity contribution >= 4 is 29.0 Å². The Kier molecular flexibility index (Phi) is 6.59. The lowest BCUT2D eigenvalue weighted by molar-refractivity contribution is -0.384. The number of hydrogen-bond acceptors (Lipinski definition) is 9. The van der Waals surface area contributed by atoms with Crippen molar-refractivity contribution in [2.24, 2.45) is 0 Å². The highest BCUT2D eigenvalue weighted by Crippen LogP contribution is 2.33. The fourth-order valence-electron chi connectivity index (χ4n) is 4.02. The van der Waals surface area contributed by atoms with Gasteiger partial charge < -0.3 is 14.5 Å². The van der Waals surface area contributed by atoms with E-state index in [-0.39, 0.29) is 23.7 Å². The number of nitro groups is 1. The highest BCUT2D eigenvalue weighted by molar-refractivity contribution is 6.35. The summed E-state index contributed by atoms with van der Waals surface area (Å²) in [5, 5.41) is 11.0. The molecule has 4 rings (SSSR count). The van der Waals surface area contributed by atoms with Gasteiger partial charge in [0.1, 0.15) is 5.70 Å². The quantitative estimate of drug-likeness (QED) is 0.253. The molecule has 0 N–H and O–H groups in total. The smallest absolute Gasteiger partial charge is 0.277 e. The number of nitro benzene ring substituents is 1. The van der Waals surface area contributed by atoms with Crippen LogP contribution in [0.3, 0.4) is 0 Å². The number of ether oxygens (including phenoxy) is 1. The first-order chi connectivity index (χ1) is 16.0. The van der Waals surface area contributed by atoms with Crippen LogP contribution in [0.25, 0.3) is 5.57 Å².